The summed E-state index contributed by atoms with van der Waals surface area (Å²) in [5.41, 5.74) is 6.55. The third-order valence-corrected chi connectivity index (χ3v) is 4.18. The van der Waals surface area contributed by atoms with E-state index in [4.69, 9.17) is 18.0 Å². The van der Waals surface area contributed by atoms with Crippen LogP contribution in [-0.2, 0) is 0 Å². The molecule has 0 radical (unpaired) electrons. The number of nitrogens with two attached hydrogens (primary N) is 1. The molecule has 0 aliphatic heterocycles. The van der Waals surface area contributed by atoms with Crippen LogP contribution >= 0.6 is 12.2 Å². The van der Waals surface area contributed by atoms with Gasteiger partial charge in [0.1, 0.15) is 10.8 Å². The number of hydrogen-bond acceptors (Lipinski definition) is 2. The topological polar surface area (TPSA) is 38.0 Å². The van der Waals surface area contributed by atoms with Gasteiger partial charge in [0.05, 0.1) is 0 Å². The van der Waals surface area contributed by atoms with Gasteiger partial charge in [-0.25, -0.2) is 4.39 Å². The lowest BCUT2D eigenvalue weighted by atomic mass is 9.83. The quantitative estimate of drug-likeness (QED) is 0.826. The highest BCUT2D eigenvalue weighted by atomic mass is 32.1. The first-order valence-electron chi connectivity index (χ1n) is 6.89. The second-order valence-electron chi connectivity index (χ2n) is 5.57. The Morgan fingerprint density at radius 3 is 2.63 bits per heavy atom. The fourth-order valence-electron chi connectivity index (χ4n) is 2.62. The number of nitrogens with one attached hydrogen (secondary N) is 1. The Balaban J connectivity index is 1.89. The minimum atomic E-state index is -0.352. The third kappa shape index (κ3) is 3.90. The van der Waals surface area contributed by atoms with E-state index in [1.165, 1.54) is 31.7 Å². The fraction of sp³-hybridized carbons (Fsp3) is 0.533. The van der Waals surface area contributed by atoms with E-state index in [0.717, 1.165) is 18.2 Å². The Kier molecular flexibility index (Phi) is 4.75. The van der Waals surface area contributed by atoms with Crippen LogP contribution in [0.25, 0.3) is 0 Å². The maximum atomic E-state index is 13.7. The zero-order valence-electron chi connectivity index (χ0n) is 11.3. The van der Waals surface area contributed by atoms with E-state index in [9.17, 15) is 4.39 Å². The number of halogens is 1. The van der Waals surface area contributed by atoms with Crippen LogP contribution in [0.1, 0.15) is 38.2 Å². The van der Waals surface area contributed by atoms with Crippen molar-refractivity contribution >= 4 is 22.9 Å². The van der Waals surface area contributed by atoms with Gasteiger partial charge in [0, 0.05) is 17.8 Å². The molecule has 1 saturated carbocycles. The van der Waals surface area contributed by atoms with Crippen molar-refractivity contribution in [1.82, 2.24) is 0 Å². The Morgan fingerprint density at radius 1 is 1.37 bits per heavy atom. The van der Waals surface area contributed by atoms with Gasteiger partial charge in [-0.3, -0.25) is 0 Å². The zero-order valence-corrected chi connectivity index (χ0v) is 12.1. The van der Waals surface area contributed by atoms with Gasteiger partial charge in [-0.2, -0.15) is 0 Å². The molecule has 0 amide bonds. The average molecular weight is 280 g/mol. The molecule has 0 heterocycles. The number of anilines is 1. The molecule has 2 nitrogen and oxygen atoms in total. The molecular formula is C15H21FN2S. The van der Waals surface area contributed by atoms with E-state index in [1.807, 2.05) is 6.07 Å². The Morgan fingerprint density at radius 2 is 2.05 bits per heavy atom. The maximum absolute atomic E-state index is 13.7. The van der Waals surface area contributed by atoms with Gasteiger partial charge in [0.2, 0.25) is 0 Å². The van der Waals surface area contributed by atoms with Gasteiger partial charge in [-0.1, -0.05) is 32.0 Å². The first-order valence-corrected chi connectivity index (χ1v) is 7.30. The summed E-state index contributed by atoms with van der Waals surface area (Å²) < 4.78 is 13.7. The first kappa shape index (κ1) is 14.3. The largest absolute Gasteiger partial charge is 0.389 e. The molecule has 104 valence electrons. The smallest absolute Gasteiger partial charge is 0.135 e. The highest BCUT2D eigenvalue weighted by Gasteiger charge is 2.17. The van der Waals surface area contributed by atoms with Crippen LogP contribution in [0.5, 0.6) is 0 Å². The van der Waals surface area contributed by atoms with Crippen LogP contribution in [-0.4, -0.2) is 11.5 Å². The second kappa shape index (κ2) is 6.33. The number of rotatable bonds is 4. The maximum Gasteiger partial charge on any atom is 0.135 e. The van der Waals surface area contributed by atoms with E-state index in [2.05, 4.69) is 12.2 Å². The summed E-state index contributed by atoms with van der Waals surface area (Å²) in [6.07, 6.45) is 5.14. The molecule has 0 bridgehead atoms. The molecule has 2 rings (SSSR count). The van der Waals surface area contributed by atoms with E-state index in [-0.39, 0.29) is 10.8 Å². The van der Waals surface area contributed by atoms with Crippen molar-refractivity contribution in [3.05, 3.63) is 29.6 Å². The molecule has 19 heavy (non-hydrogen) atoms. The van der Waals surface area contributed by atoms with Gasteiger partial charge in [0.15, 0.2) is 0 Å². The Labute approximate surface area is 119 Å². The van der Waals surface area contributed by atoms with Gasteiger partial charge >= 0.3 is 0 Å². The first-order chi connectivity index (χ1) is 9.06. The van der Waals surface area contributed by atoms with Crippen LogP contribution in [0.2, 0.25) is 0 Å². The number of hydrogen-bond donors (Lipinski definition) is 2. The van der Waals surface area contributed by atoms with Gasteiger partial charge < -0.3 is 11.1 Å². The van der Waals surface area contributed by atoms with E-state index in [0.29, 0.717) is 11.5 Å². The highest BCUT2D eigenvalue weighted by Crippen LogP contribution is 2.28. The van der Waals surface area contributed by atoms with Gasteiger partial charge in [0.25, 0.3) is 0 Å². The zero-order chi connectivity index (χ0) is 13.8. The fourth-order valence-corrected chi connectivity index (χ4v) is 2.79. The summed E-state index contributed by atoms with van der Waals surface area (Å²) in [5.74, 6) is 1.21. The molecule has 0 spiro atoms. The van der Waals surface area contributed by atoms with Crippen LogP contribution in [0.4, 0.5) is 10.1 Å². The Bertz CT molecular complexity index is 453. The van der Waals surface area contributed by atoms with Crippen molar-refractivity contribution in [2.75, 3.05) is 11.9 Å². The lowest BCUT2D eigenvalue weighted by Crippen LogP contribution is -2.20. The molecule has 1 aromatic rings. The summed E-state index contributed by atoms with van der Waals surface area (Å²) in [4.78, 5) is 0.102. The molecule has 1 aliphatic rings. The lowest BCUT2D eigenvalue weighted by molar-refractivity contribution is 0.300. The molecule has 0 unspecified atom stereocenters. The van der Waals surface area contributed by atoms with Crippen molar-refractivity contribution < 1.29 is 4.39 Å². The van der Waals surface area contributed by atoms with Crippen molar-refractivity contribution in [3.63, 3.8) is 0 Å². The van der Waals surface area contributed by atoms with Crippen LogP contribution < -0.4 is 11.1 Å². The minimum Gasteiger partial charge on any atom is -0.389 e. The number of benzene rings is 1. The minimum absolute atomic E-state index is 0.102. The van der Waals surface area contributed by atoms with E-state index in [1.54, 1.807) is 6.07 Å². The predicted octanol–water partition coefficient (Wildman–Crippen LogP) is 3.70. The summed E-state index contributed by atoms with van der Waals surface area (Å²) in [6, 6.07) is 4.95. The van der Waals surface area contributed by atoms with Crippen molar-refractivity contribution in [1.29, 1.82) is 0 Å². The molecule has 3 N–H and O–H groups in total. The Hall–Kier alpha value is -1.16. The predicted molar refractivity (Wildman–Crippen MR) is 81.9 cm³/mol. The van der Waals surface area contributed by atoms with E-state index >= 15 is 0 Å². The molecule has 4 heteroatoms. The molecule has 0 saturated heterocycles. The lowest BCUT2D eigenvalue weighted by Gasteiger charge is -2.26. The molecular weight excluding hydrogens is 259 g/mol. The van der Waals surface area contributed by atoms with Crippen molar-refractivity contribution in [3.8, 4) is 0 Å². The van der Waals surface area contributed by atoms with E-state index < -0.39 is 0 Å². The van der Waals surface area contributed by atoms with Crippen LogP contribution in [0.15, 0.2) is 18.2 Å². The standard InChI is InChI=1S/C15H21FN2S/c1-10-2-4-11(5-3-10)9-18-12-6-7-13(15(17)19)14(16)8-12/h6-8,10-11,18H,2-5,9H2,1H3,(H2,17,19). The summed E-state index contributed by atoms with van der Waals surface area (Å²) in [7, 11) is 0. The van der Waals surface area contributed by atoms with Gasteiger partial charge in [-0.05, 0) is 42.9 Å². The summed E-state index contributed by atoms with van der Waals surface area (Å²) >= 11 is 4.79. The average Bonchev–Trinajstić information content (AvgIpc) is 2.37. The van der Waals surface area contributed by atoms with Crippen LogP contribution in [0, 0.1) is 17.7 Å². The normalized spacial score (nSPS) is 23.1. The monoisotopic (exact) mass is 280 g/mol. The highest BCUT2D eigenvalue weighted by molar-refractivity contribution is 7.80. The molecule has 0 atom stereocenters. The molecule has 1 fully saturated rings. The van der Waals surface area contributed by atoms with Crippen molar-refractivity contribution in [2.24, 2.45) is 17.6 Å². The van der Waals surface area contributed by atoms with Crippen LogP contribution in [0.3, 0.4) is 0 Å². The third-order valence-electron chi connectivity index (χ3n) is 3.96. The molecule has 0 aromatic heterocycles. The SMILES string of the molecule is CC1CCC(CNc2ccc(C(N)=S)c(F)c2)CC1. The summed E-state index contributed by atoms with van der Waals surface area (Å²) in [6.45, 7) is 3.23. The number of thiocarbonyl (C=S) groups is 1. The molecule has 1 aromatic carbocycles. The second-order valence-corrected chi connectivity index (χ2v) is 6.01. The molecule has 1 aliphatic carbocycles. The van der Waals surface area contributed by atoms with Gasteiger partial charge in [-0.15, -0.1) is 0 Å². The van der Waals surface area contributed by atoms with Crippen molar-refractivity contribution in [2.45, 2.75) is 32.6 Å². The summed E-state index contributed by atoms with van der Waals surface area (Å²) in [5, 5.41) is 3.31.